The molecule has 0 amide bonds. The van der Waals surface area contributed by atoms with Crippen LogP contribution in [-0.2, 0) is 9.53 Å². The molecule has 1 aliphatic heterocycles. The standard InChI is InChI=1S/C11H16O.C8H16O.C2H4O/c1-4-12-11-7-5-6-10(8-11)9(2)3;1-7(2)8-3-5-9-6-4-8;1-2-3/h5-9H,4H2,1-3H3;7-8H,3-6H2,1-2H3;2H,1H3. The van der Waals surface area contributed by atoms with Crippen LogP contribution in [0.15, 0.2) is 24.3 Å². The van der Waals surface area contributed by atoms with Gasteiger partial charge in [-0.2, -0.15) is 0 Å². The maximum absolute atomic E-state index is 8.81. The molecule has 0 bridgehead atoms. The molecule has 1 saturated heterocycles. The maximum atomic E-state index is 8.81. The van der Waals surface area contributed by atoms with Crippen molar-refractivity contribution in [2.24, 2.45) is 11.8 Å². The molecule has 1 heterocycles. The summed E-state index contributed by atoms with van der Waals surface area (Å²) in [5.41, 5.74) is 1.33. The molecule has 3 heteroatoms. The van der Waals surface area contributed by atoms with E-state index in [0.717, 1.165) is 43.7 Å². The lowest BCUT2D eigenvalue weighted by Gasteiger charge is -2.24. The van der Waals surface area contributed by atoms with Gasteiger partial charge in [0.25, 0.3) is 0 Å². The first-order valence-electron chi connectivity index (χ1n) is 9.16. The molecule has 0 saturated carbocycles. The summed E-state index contributed by atoms with van der Waals surface area (Å²) in [5, 5.41) is 0. The van der Waals surface area contributed by atoms with E-state index >= 15 is 0 Å². The Morgan fingerprint density at radius 1 is 1.21 bits per heavy atom. The molecule has 1 aliphatic rings. The lowest BCUT2D eigenvalue weighted by molar-refractivity contribution is -0.106. The second-order valence-corrected chi connectivity index (χ2v) is 6.59. The Labute approximate surface area is 148 Å². The molecule has 138 valence electrons. The van der Waals surface area contributed by atoms with Crippen LogP contribution < -0.4 is 4.74 Å². The topological polar surface area (TPSA) is 35.5 Å². The van der Waals surface area contributed by atoms with E-state index in [1.165, 1.54) is 25.3 Å². The van der Waals surface area contributed by atoms with Crippen LogP contribution in [0.2, 0.25) is 0 Å². The molecule has 0 aromatic heterocycles. The van der Waals surface area contributed by atoms with Gasteiger partial charge in [-0.1, -0.05) is 39.8 Å². The van der Waals surface area contributed by atoms with Crippen LogP contribution in [0.4, 0.5) is 0 Å². The Morgan fingerprint density at radius 3 is 2.21 bits per heavy atom. The molecule has 1 aromatic rings. The lowest BCUT2D eigenvalue weighted by atomic mass is 9.89. The van der Waals surface area contributed by atoms with Crippen molar-refractivity contribution in [3.8, 4) is 5.75 Å². The number of carbonyl (C=O) groups excluding carboxylic acids is 1. The number of ether oxygens (including phenoxy) is 2. The van der Waals surface area contributed by atoms with E-state index in [1.54, 1.807) is 0 Å². The summed E-state index contributed by atoms with van der Waals surface area (Å²) >= 11 is 0. The van der Waals surface area contributed by atoms with Gasteiger partial charge in [0.2, 0.25) is 0 Å². The van der Waals surface area contributed by atoms with Gasteiger partial charge in [-0.05, 0) is 62.1 Å². The fourth-order valence-corrected chi connectivity index (χ4v) is 2.51. The van der Waals surface area contributed by atoms with Crippen LogP contribution in [0.25, 0.3) is 0 Å². The summed E-state index contributed by atoms with van der Waals surface area (Å²) in [6.45, 7) is 15.1. The van der Waals surface area contributed by atoms with Crippen molar-refractivity contribution >= 4 is 6.29 Å². The van der Waals surface area contributed by atoms with Gasteiger partial charge in [-0.25, -0.2) is 0 Å². The molecule has 2 rings (SSSR count). The zero-order chi connectivity index (χ0) is 18.4. The summed E-state index contributed by atoms with van der Waals surface area (Å²) < 4.78 is 10.6. The number of carbonyl (C=O) groups is 1. The van der Waals surface area contributed by atoms with E-state index in [1.807, 2.05) is 19.1 Å². The van der Waals surface area contributed by atoms with Gasteiger partial charge in [-0.15, -0.1) is 0 Å². The van der Waals surface area contributed by atoms with Crippen molar-refractivity contribution in [3.63, 3.8) is 0 Å². The molecule has 0 N–H and O–H groups in total. The number of aldehydes is 1. The van der Waals surface area contributed by atoms with Crippen LogP contribution >= 0.6 is 0 Å². The fourth-order valence-electron chi connectivity index (χ4n) is 2.51. The highest BCUT2D eigenvalue weighted by molar-refractivity contribution is 5.44. The van der Waals surface area contributed by atoms with Gasteiger partial charge in [-0.3, -0.25) is 0 Å². The van der Waals surface area contributed by atoms with Gasteiger partial charge in [0.1, 0.15) is 12.0 Å². The van der Waals surface area contributed by atoms with Gasteiger partial charge < -0.3 is 14.3 Å². The van der Waals surface area contributed by atoms with E-state index in [0.29, 0.717) is 5.92 Å². The average molecular weight is 337 g/mol. The fraction of sp³-hybridized carbons (Fsp3) is 0.667. The van der Waals surface area contributed by atoms with Crippen molar-refractivity contribution in [2.45, 2.75) is 60.3 Å². The quantitative estimate of drug-likeness (QED) is 0.683. The van der Waals surface area contributed by atoms with Crippen molar-refractivity contribution in [3.05, 3.63) is 29.8 Å². The second-order valence-electron chi connectivity index (χ2n) is 6.59. The zero-order valence-electron chi connectivity index (χ0n) is 16.4. The van der Waals surface area contributed by atoms with E-state index in [9.17, 15) is 0 Å². The van der Waals surface area contributed by atoms with Crippen LogP contribution in [0.1, 0.15) is 65.9 Å². The van der Waals surface area contributed by atoms with Crippen molar-refractivity contribution in [1.82, 2.24) is 0 Å². The third-order valence-electron chi connectivity index (χ3n) is 4.04. The first-order chi connectivity index (χ1) is 11.5. The largest absolute Gasteiger partial charge is 0.494 e. The third-order valence-corrected chi connectivity index (χ3v) is 4.04. The molecule has 0 unspecified atom stereocenters. The molecule has 0 radical (unpaired) electrons. The number of hydrogen-bond acceptors (Lipinski definition) is 3. The van der Waals surface area contributed by atoms with Crippen LogP contribution in [0, 0.1) is 11.8 Å². The minimum absolute atomic E-state index is 0.574. The normalized spacial score (nSPS) is 14.3. The molecule has 1 aromatic carbocycles. The predicted molar refractivity (Wildman–Crippen MR) is 102 cm³/mol. The highest BCUT2D eigenvalue weighted by Gasteiger charge is 2.16. The lowest BCUT2D eigenvalue weighted by Crippen LogP contribution is -2.19. The molecule has 0 spiro atoms. The van der Waals surface area contributed by atoms with E-state index in [2.05, 4.69) is 39.8 Å². The number of rotatable bonds is 4. The first-order valence-corrected chi connectivity index (χ1v) is 9.16. The first kappa shape index (κ1) is 22.6. The Balaban J connectivity index is 0.000000390. The van der Waals surface area contributed by atoms with Crippen LogP contribution in [-0.4, -0.2) is 26.1 Å². The maximum Gasteiger partial charge on any atom is 0.119 e. The van der Waals surface area contributed by atoms with Crippen molar-refractivity contribution in [1.29, 1.82) is 0 Å². The van der Waals surface area contributed by atoms with Gasteiger partial charge >= 0.3 is 0 Å². The van der Waals surface area contributed by atoms with Gasteiger partial charge in [0.15, 0.2) is 0 Å². The molecule has 3 nitrogen and oxygen atoms in total. The summed E-state index contributed by atoms with van der Waals surface area (Å²) in [7, 11) is 0. The summed E-state index contributed by atoms with van der Waals surface area (Å²) in [6.07, 6.45) is 3.30. The highest BCUT2D eigenvalue weighted by atomic mass is 16.5. The zero-order valence-corrected chi connectivity index (χ0v) is 16.4. The minimum Gasteiger partial charge on any atom is -0.494 e. The van der Waals surface area contributed by atoms with Crippen LogP contribution in [0.5, 0.6) is 5.75 Å². The van der Waals surface area contributed by atoms with E-state index < -0.39 is 0 Å². The monoisotopic (exact) mass is 336 g/mol. The molecule has 0 atom stereocenters. The predicted octanol–water partition coefficient (Wildman–Crippen LogP) is 5.48. The number of hydrogen-bond donors (Lipinski definition) is 0. The average Bonchev–Trinajstić information content (AvgIpc) is 2.57. The Bertz CT molecular complexity index is 421. The molecule has 0 aliphatic carbocycles. The molecule has 1 fully saturated rings. The highest BCUT2D eigenvalue weighted by Crippen LogP contribution is 2.22. The van der Waals surface area contributed by atoms with Crippen molar-refractivity contribution in [2.75, 3.05) is 19.8 Å². The smallest absolute Gasteiger partial charge is 0.119 e. The summed E-state index contributed by atoms with van der Waals surface area (Å²) in [4.78, 5) is 8.81. The number of benzene rings is 1. The van der Waals surface area contributed by atoms with E-state index in [4.69, 9.17) is 14.3 Å². The molecular weight excluding hydrogens is 300 g/mol. The minimum atomic E-state index is 0.574. The second kappa shape index (κ2) is 14.0. The molecule has 24 heavy (non-hydrogen) atoms. The van der Waals surface area contributed by atoms with Gasteiger partial charge in [0.05, 0.1) is 6.61 Å². The Kier molecular flexibility index (Phi) is 13.2. The Morgan fingerprint density at radius 2 is 1.79 bits per heavy atom. The van der Waals surface area contributed by atoms with Gasteiger partial charge in [0, 0.05) is 13.2 Å². The summed E-state index contributed by atoms with van der Waals surface area (Å²) in [5.74, 6) is 3.33. The van der Waals surface area contributed by atoms with Crippen LogP contribution in [0.3, 0.4) is 0 Å². The summed E-state index contributed by atoms with van der Waals surface area (Å²) in [6, 6.07) is 8.27. The van der Waals surface area contributed by atoms with E-state index in [-0.39, 0.29) is 0 Å². The van der Waals surface area contributed by atoms with Crippen molar-refractivity contribution < 1.29 is 14.3 Å². The Hall–Kier alpha value is -1.35. The molecular formula is C21H36O3. The SMILES string of the molecule is CC(C)C1CCOCC1.CC=O.CCOc1cccc(C(C)C)c1. The third kappa shape index (κ3) is 10.4.